The van der Waals surface area contributed by atoms with E-state index < -0.39 is 5.97 Å². The van der Waals surface area contributed by atoms with E-state index in [2.05, 4.69) is 15.5 Å². The van der Waals surface area contributed by atoms with E-state index in [0.29, 0.717) is 0 Å². The molecule has 1 aromatic heterocycles. The first-order valence-electron chi connectivity index (χ1n) is 6.68. The zero-order chi connectivity index (χ0) is 12.3. The Bertz CT molecular complexity index is 475. The van der Waals surface area contributed by atoms with Crippen molar-refractivity contribution >= 4 is 5.97 Å². The molecule has 1 aromatic rings. The molecule has 6 heteroatoms. The summed E-state index contributed by atoms with van der Waals surface area (Å²) < 4.78 is 1.62. The van der Waals surface area contributed by atoms with Gasteiger partial charge in [0.05, 0.1) is 5.54 Å². The predicted octanol–water partition coefficient (Wildman–Crippen LogP) is 1.30. The lowest BCUT2D eigenvalue weighted by molar-refractivity contribution is -0.0517. The van der Waals surface area contributed by atoms with Gasteiger partial charge in [-0.25, -0.2) is 9.48 Å². The molecule has 0 amide bonds. The maximum Gasteiger partial charge on any atom is 0.375 e. The highest BCUT2D eigenvalue weighted by molar-refractivity contribution is 5.83. The third kappa shape index (κ3) is 1.29. The van der Waals surface area contributed by atoms with Gasteiger partial charge in [0.1, 0.15) is 0 Å². The molecule has 0 aromatic carbocycles. The number of aromatic carboxylic acids is 1. The van der Waals surface area contributed by atoms with Crippen molar-refractivity contribution in [1.82, 2.24) is 20.2 Å². The summed E-state index contributed by atoms with van der Waals surface area (Å²) in [6.45, 7) is 0. The Balaban J connectivity index is 1.79. The summed E-state index contributed by atoms with van der Waals surface area (Å²) in [5.74, 6) is 1.25. The minimum absolute atomic E-state index is 0.0111. The van der Waals surface area contributed by atoms with Crippen LogP contribution in [0.25, 0.3) is 0 Å². The molecule has 4 aliphatic rings. The highest BCUT2D eigenvalue weighted by Crippen LogP contribution is 2.58. The normalized spacial score (nSPS) is 41.2. The van der Waals surface area contributed by atoms with Crippen LogP contribution in [0.4, 0.5) is 0 Å². The predicted molar refractivity (Wildman–Crippen MR) is 60.9 cm³/mol. The maximum atomic E-state index is 11.2. The first-order chi connectivity index (χ1) is 8.66. The third-order valence-electron chi connectivity index (χ3n) is 5.12. The third-order valence-corrected chi connectivity index (χ3v) is 5.12. The number of aromatic nitrogens is 4. The van der Waals surface area contributed by atoms with E-state index >= 15 is 0 Å². The van der Waals surface area contributed by atoms with Gasteiger partial charge in [0.2, 0.25) is 0 Å². The Morgan fingerprint density at radius 3 is 2.22 bits per heavy atom. The zero-order valence-electron chi connectivity index (χ0n) is 10.1. The van der Waals surface area contributed by atoms with E-state index in [4.69, 9.17) is 0 Å². The van der Waals surface area contributed by atoms with Crippen molar-refractivity contribution in [2.45, 2.75) is 44.1 Å². The second-order valence-corrected chi connectivity index (χ2v) is 6.36. The van der Waals surface area contributed by atoms with Crippen molar-refractivity contribution < 1.29 is 9.90 Å². The quantitative estimate of drug-likeness (QED) is 0.853. The number of tetrazole rings is 1. The number of rotatable bonds is 2. The largest absolute Gasteiger partial charge is 0.475 e. The highest BCUT2D eigenvalue weighted by atomic mass is 16.4. The van der Waals surface area contributed by atoms with E-state index in [9.17, 15) is 9.90 Å². The minimum Gasteiger partial charge on any atom is -0.475 e. The highest BCUT2D eigenvalue weighted by Gasteiger charge is 2.53. The van der Waals surface area contributed by atoms with E-state index in [1.165, 1.54) is 19.3 Å². The van der Waals surface area contributed by atoms with Gasteiger partial charge in [-0.3, -0.25) is 0 Å². The van der Waals surface area contributed by atoms with Crippen LogP contribution in [0.5, 0.6) is 0 Å². The van der Waals surface area contributed by atoms with Gasteiger partial charge in [0, 0.05) is 0 Å². The van der Waals surface area contributed by atoms with Crippen LogP contribution in [-0.4, -0.2) is 31.3 Å². The fraction of sp³-hybridized carbons (Fsp3) is 0.833. The van der Waals surface area contributed by atoms with Gasteiger partial charge in [0.15, 0.2) is 0 Å². The fourth-order valence-corrected chi connectivity index (χ4v) is 4.96. The fourth-order valence-electron chi connectivity index (χ4n) is 4.96. The summed E-state index contributed by atoms with van der Waals surface area (Å²) in [5.41, 5.74) is -0.105. The average Bonchev–Trinajstić information content (AvgIpc) is 2.76. The molecule has 4 aliphatic carbocycles. The summed E-state index contributed by atoms with van der Waals surface area (Å²) in [5, 5.41) is 20.5. The zero-order valence-corrected chi connectivity index (χ0v) is 10.1. The molecule has 1 heterocycles. The lowest BCUT2D eigenvalue weighted by Crippen LogP contribution is -2.53. The van der Waals surface area contributed by atoms with Crippen molar-refractivity contribution in [3.63, 3.8) is 0 Å². The molecule has 18 heavy (non-hydrogen) atoms. The van der Waals surface area contributed by atoms with Crippen molar-refractivity contribution in [3.05, 3.63) is 5.82 Å². The maximum absolute atomic E-state index is 11.2. The van der Waals surface area contributed by atoms with Crippen LogP contribution in [0, 0.1) is 17.8 Å². The Hall–Kier alpha value is -1.46. The van der Waals surface area contributed by atoms with Crippen LogP contribution < -0.4 is 0 Å². The van der Waals surface area contributed by atoms with Crippen LogP contribution >= 0.6 is 0 Å². The smallest absolute Gasteiger partial charge is 0.375 e. The first kappa shape index (κ1) is 10.5. The summed E-state index contributed by atoms with van der Waals surface area (Å²) in [4.78, 5) is 11.2. The Morgan fingerprint density at radius 2 is 1.72 bits per heavy atom. The summed E-state index contributed by atoms with van der Waals surface area (Å²) >= 11 is 0. The number of carboxylic acid groups (broad SMARTS) is 1. The molecule has 4 bridgehead atoms. The van der Waals surface area contributed by atoms with Gasteiger partial charge in [-0.2, -0.15) is 0 Å². The first-order valence-corrected chi connectivity index (χ1v) is 6.68. The number of hydrogen-bond acceptors (Lipinski definition) is 4. The minimum atomic E-state index is -1.02. The molecule has 4 saturated carbocycles. The second kappa shape index (κ2) is 3.30. The molecule has 5 rings (SSSR count). The topological polar surface area (TPSA) is 80.9 Å². The van der Waals surface area contributed by atoms with Crippen LogP contribution in [0.2, 0.25) is 0 Å². The standard InChI is InChI=1S/C12H16N4O2/c17-11(18)10-13-14-15-16(10)12-4-7-1-8(5-12)3-9(2-7)6-12/h7-9H,1-6H2,(H,17,18). The molecular formula is C12H16N4O2. The number of hydrogen-bond donors (Lipinski definition) is 1. The lowest BCUT2D eigenvalue weighted by atomic mass is 9.53. The monoisotopic (exact) mass is 248 g/mol. The Morgan fingerprint density at radius 1 is 1.17 bits per heavy atom. The van der Waals surface area contributed by atoms with E-state index in [1.54, 1.807) is 4.68 Å². The van der Waals surface area contributed by atoms with E-state index in [-0.39, 0.29) is 11.4 Å². The lowest BCUT2D eigenvalue weighted by Gasteiger charge is -2.56. The number of nitrogens with zero attached hydrogens (tertiary/aromatic N) is 4. The molecule has 0 unspecified atom stereocenters. The van der Waals surface area contributed by atoms with Crippen LogP contribution in [0.1, 0.15) is 49.1 Å². The van der Waals surface area contributed by atoms with Crippen LogP contribution in [-0.2, 0) is 5.54 Å². The molecule has 4 fully saturated rings. The molecule has 1 N–H and O–H groups in total. The van der Waals surface area contributed by atoms with Gasteiger partial charge >= 0.3 is 5.97 Å². The number of carbonyl (C=O) groups is 1. The molecule has 0 aliphatic heterocycles. The second-order valence-electron chi connectivity index (χ2n) is 6.36. The SMILES string of the molecule is O=C(O)c1nnnn1C12CC3CC(CC(C3)C1)C2. The van der Waals surface area contributed by atoms with Crippen molar-refractivity contribution in [3.8, 4) is 0 Å². The molecule has 0 saturated heterocycles. The average molecular weight is 248 g/mol. The molecule has 0 spiro atoms. The Labute approximate surface area is 104 Å². The van der Waals surface area contributed by atoms with Gasteiger partial charge < -0.3 is 5.11 Å². The van der Waals surface area contributed by atoms with E-state index in [0.717, 1.165) is 37.0 Å². The van der Waals surface area contributed by atoms with Gasteiger partial charge in [-0.1, -0.05) is 0 Å². The van der Waals surface area contributed by atoms with E-state index in [1.807, 2.05) is 0 Å². The summed E-state index contributed by atoms with van der Waals surface area (Å²) in [6.07, 6.45) is 7.15. The van der Waals surface area contributed by atoms with Gasteiger partial charge in [-0.05, 0) is 66.7 Å². The Kier molecular flexibility index (Phi) is 1.92. The number of carboxylic acids is 1. The van der Waals surface area contributed by atoms with Crippen molar-refractivity contribution in [1.29, 1.82) is 0 Å². The van der Waals surface area contributed by atoms with Gasteiger partial charge in [0.25, 0.3) is 5.82 Å². The van der Waals surface area contributed by atoms with Crippen LogP contribution in [0.15, 0.2) is 0 Å². The summed E-state index contributed by atoms with van der Waals surface area (Å²) in [6, 6.07) is 0. The summed E-state index contributed by atoms with van der Waals surface area (Å²) in [7, 11) is 0. The molecular weight excluding hydrogens is 232 g/mol. The molecule has 96 valence electrons. The van der Waals surface area contributed by atoms with Crippen LogP contribution in [0.3, 0.4) is 0 Å². The van der Waals surface area contributed by atoms with Gasteiger partial charge in [-0.15, -0.1) is 5.10 Å². The van der Waals surface area contributed by atoms with Crippen molar-refractivity contribution in [2.75, 3.05) is 0 Å². The molecule has 0 radical (unpaired) electrons. The molecule has 0 atom stereocenters. The van der Waals surface area contributed by atoms with Crippen molar-refractivity contribution in [2.24, 2.45) is 17.8 Å². The molecule has 6 nitrogen and oxygen atoms in total.